The summed E-state index contributed by atoms with van der Waals surface area (Å²) in [6.45, 7) is 6.57. The fraction of sp³-hybridized carbons (Fsp3) is 0.562. The maximum atomic E-state index is 12.5. The van der Waals surface area contributed by atoms with Gasteiger partial charge in [-0.15, -0.1) is 0 Å². The van der Waals surface area contributed by atoms with Crippen molar-refractivity contribution in [1.82, 2.24) is 14.8 Å². The minimum atomic E-state index is -0.304. The van der Waals surface area contributed by atoms with Crippen LogP contribution in [-0.4, -0.2) is 59.6 Å². The van der Waals surface area contributed by atoms with Crippen LogP contribution in [0.4, 0.5) is 4.79 Å². The van der Waals surface area contributed by atoms with Crippen molar-refractivity contribution in [1.29, 1.82) is 0 Å². The Morgan fingerprint density at radius 2 is 1.91 bits per heavy atom. The normalized spacial score (nSPS) is 15.5. The fourth-order valence-electron chi connectivity index (χ4n) is 2.32. The van der Waals surface area contributed by atoms with Crippen molar-refractivity contribution >= 4 is 23.6 Å². The lowest BCUT2D eigenvalue weighted by Gasteiger charge is -2.22. The lowest BCUT2D eigenvalue weighted by atomic mass is 10.2. The summed E-state index contributed by atoms with van der Waals surface area (Å²) in [5, 5.41) is 0.358. The maximum absolute atomic E-state index is 12.5. The highest BCUT2D eigenvalue weighted by Gasteiger charge is 2.23. The second kappa shape index (κ2) is 8.15. The van der Waals surface area contributed by atoms with Crippen molar-refractivity contribution in [2.45, 2.75) is 20.3 Å². The van der Waals surface area contributed by atoms with Gasteiger partial charge in [0.2, 0.25) is 0 Å². The van der Waals surface area contributed by atoms with Gasteiger partial charge in [0.1, 0.15) is 5.15 Å². The highest BCUT2D eigenvalue weighted by molar-refractivity contribution is 6.29. The molecule has 126 valence electrons. The van der Waals surface area contributed by atoms with E-state index in [1.165, 1.54) is 6.20 Å². The molecule has 2 amide bonds. The number of halogens is 1. The predicted molar refractivity (Wildman–Crippen MR) is 87.5 cm³/mol. The van der Waals surface area contributed by atoms with E-state index in [0.29, 0.717) is 49.4 Å². The minimum absolute atomic E-state index is 0.0911. The maximum Gasteiger partial charge on any atom is 0.409 e. The lowest BCUT2D eigenvalue weighted by molar-refractivity contribution is 0.0746. The van der Waals surface area contributed by atoms with Gasteiger partial charge in [-0.05, 0) is 24.5 Å². The van der Waals surface area contributed by atoms with E-state index in [1.54, 1.807) is 21.9 Å². The highest BCUT2D eigenvalue weighted by Crippen LogP contribution is 2.12. The molecular formula is C16H22ClN3O3. The molecule has 0 spiro atoms. The van der Waals surface area contributed by atoms with E-state index in [2.05, 4.69) is 4.98 Å². The third-order valence-corrected chi connectivity index (χ3v) is 3.78. The Morgan fingerprint density at radius 3 is 2.57 bits per heavy atom. The van der Waals surface area contributed by atoms with Crippen LogP contribution in [0.15, 0.2) is 18.3 Å². The van der Waals surface area contributed by atoms with Gasteiger partial charge in [-0.1, -0.05) is 25.4 Å². The number of carbonyl (C=O) groups excluding carboxylic acids is 2. The quantitative estimate of drug-likeness (QED) is 0.794. The summed E-state index contributed by atoms with van der Waals surface area (Å²) >= 11 is 5.74. The molecule has 2 rings (SSSR count). The molecule has 1 aromatic rings. The van der Waals surface area contributed by atoms with Crippen LogP contribution in [0.3, 0.4) is 0 Å². The van der Waals surface area contributed by atoms with Gasteiger partial charge >= 0.3 is 6.09 Å². The molecule has 0 unspecified atom stereocenters. The van der Waals surface area contributed by atoms with Crippen LogP contribution in [-0.2, 0) is 4.74 Å². The molecule has 1 saturated heterocycles. The molecule has 0 radical (unpaired) electrons. The standard InChI is InChI=1S/C16H22ClN3O3/c1-12(2)11-23-16(22)20-7-3-6-19(8-9-20)15(21)13-4-5-14(17)18-10-13/h4-5,10,12H,3,6-9,11H2,1-2H3. The number of ether oxygens (including phenoxy) is 1. The number of hydrogen-bond acceptors (Lipinski definition) is 4. The Kier molecular flexibility index (Phi) is 6.21. The molecule has 0 aliphatic carbocycles. The van der Waals surface area contributed by atoms with Crippen molar-refractivity contribution < 1.29 is 14.3 Å². The van der Waals surface area contributed by atoms with E-state index in [0.717, 1.165) is 6.42 Å². The summed E-state index contributed by atoms with van der Waals surface area (Å²) in [5.41, 5.74) is 0.505. The number of amides is 2. The largest absolute Gasteiger partial charge is 0.449 e. The predicted octanol–water partition coefficient (Wildman–Crippen LogP) is 2.68. The zero-order valence-electron chi connectivity index (χ0n) is 13.5. The first-order valence-corrected chi connectivity index (χ1v) is 8.17. The van der Waals surface area contributed by atoms with E-state index in [-0.39, 0.29) is 12.0 Å². The molecule has 1 aliphatic heterocycles. The molecule has 6 nitrogen and oxygen atoms in total. The monoisotopic (exact) mass is 339 g/mol. The van der Waals surface area contributed by atoms with Gasteiger partial charge < -0.3 is 14.5 Å². The molecule has 23 heavy (non-hydrogen) atoms. The van der Waals surface area contributed by atoms with Gasteiger partial charge in [-0.25, -0.2) is 9.78 Å². The summed E-state index contributed by atoms with van der Waals surface area (Å²) in [7, 11) is 0. The number of hydrogen-bond donors (Lipinski definition) is 0. The number of aromatic nitrogens is 1. The summed E-state index contributed by atoms with van der Waals surface area (Å²) < 4.78 is 5.25. The van der Waals surface area contributed by atoms with E-state index in [9.17, 15) is 9.59 Å². The summed E-state index contributed by atoms with van der Waals surface area (Å²) in [5.74, 6) is 0.216. The molecule has 0 N–H and O–H groups in total. The highest BCUT2D eigenvalue weighted by atomic mass is 35.5. The van der Waals surface area contributed by atoms with E-state index in [4.69, 9.17) is 16.3 Å². The third-order valence-electron chi connectivity index (χ3n) is 3.56. The first kappa shape index (κ1) is 17.5. The molecule has 2 heterocycles. The second-order valence-corrected chi connectivity index (χ2v) is 6.36. The van der Waals surface area contributed by atoms with Crippen LogP contribution in [0.5, 0.6) is 0 Å². The SMILES string of the molecule is CC(C)COC(=O)N1CCCN(C(=O)c2ccc(Cl)nc2)CC1. The van der Waals surface area contributed by atoms with Crippen LogP contribution in [0.1, 0.15) is 30.6 Å². The average Bonchev–Trinajstić information content (AvgIpc) is 2.78. The first-order valence-electron chi connectivity index (χ1n) is 7.80. The van der Waals surface area contributed by atoms with Crippen molar-refractivity contribution in [3.05, 3.63) is 29.0 Å². The Morgan fingerprint density at radius 1 is 1.22 bits per heavy atom. The van der Waals surface area contributed by atoms with Gasteiger partial charge in [-0.2, -0.15) is 0 Å². The minimum Gasteiger partial charge on any atom is -0.449 e. The number of nitrogens with zero attached hydrogens (tertiary/aromatic N) is 3. The average molecular weight is 340 g/mol. The van der Waals surface area contributed by atoms with Gasteiger partial charge in [0, 0.05) is 32.4 Å². The number of rotatable bonds is 3. The number of carbonyl (C=O) groups is 2. The molecule has 7 heteroatoms. The Labute approximate surface area is 141 Å². The zero-order valence-corrected chi connectivity index (χ0v) is 14.3. The molecule has 0 aromatic carbocycles. The molecule has 0 saturated carbocycles. The van der Waals surface area contributed by atoms with Crippen molar-refractivity contribution in [3.63, 3.8) is 0 Å². The summed E-state index contributed by atoms with van der Waals surface area (Å²) in [6.07, 6.45) is 1.90. The van der Waals surface area contributed by atoms with E-state index in [1.807, 2.05) is 13.8 Å². The molecule has 0 atom stereocenters. The third kappa shape index (κ3) is 5.10. The Bertz CT molecular complexity index is 548. The molecule has 1 fully saturated rings. The smallest absolute Gasteiger partial charge is 0.409 e. The van der Waals surface area contributed by atoms with Crippen LogP contribution < -0.4 is 0 Å². The fourth-order valence-corrected chi connectivity index (χ4v) is 2.43. The topological polar surface area (TPSA) is 62.7 Å². The second-order valence-electron chi connectivity index (χ2n) is 5.97. The van der Waals surface area contributed by atoms with Crippen molar-refractivity contribution in [2.24, 2.45) is 5.92 Å². The van der Waals surface area contributed by atoms with Crippen molar-refractivity contribution in [3.8, 4) is 0 Å². The molecule has 1 aliphatic rings. The summed E-state index contributed by atoms with van der Waals surface area (Å²) in [6, 6.07) is 3.26. The Hall–Kier alpha value is -1.82. The van der Waals surface area contributed by atoms with Gasteiger partial charge in [0.15, 0.2) is 0 Å². The van der Waals surface area contributed by atoms with Crippen LogP contribution in [0.2, 0.25) is 5.15 Å². The Balaban J connectivity index is 1.91. The van der Waals surface area contributed by atoms with Gasteiger partial charge in [0.25, 0.3) is 5.91 Å². The molecular weight excluding hydrogens is 318 g/mol. The molecule has 0 bridgehead atoms. The van der Waals surface area contributed by atoms with Gasteiger partial charge in [-0.3, -0.25) is 4.79 Å². The van der Waals surface area contributed by atoms with Crippen molar-refractivity contribution in [2.75, 3.05) is 32.8 Å². The van der Waals surface area contributed by atoms with E-state index < -0.39 is 0 Å². The van der Waals surface area contributed by atoms with Crippen LogP contribution in [0.25, 0.3) is 0 Å². The zero-order chi connectivity index (χ0) is 16.8. The first-order chi connectivity index (χ1) is 11.0. The molecule has 1 aromatic heterocycles. The van der Waals surface area contributed by atoms with E-state index >= 15 is 0 Å². The van der Waals surface area contributed by atoms with Gasteiger partial charge in [0.05, 0.1) is 12.2 Å². The summed E-state index contributed by atoms with van der Waals surface area (Å²) in [4.78, 5) is 31.8. The van der Waals surface area contributed by atoms with Crippen LogP contribution in [0, 0.1) is 5.92 Å². The van der Waals surface area contributed by atoms with Crippen LogP contribution >= 0.6 is 11.6 Å². The number of pyridine rings is 1. The lowest BCUT2D eigenvalue weighted by Crippen LogP contribution is -2.38.